The predicted octanol–water partition coefficient (Wildman–Crippen LogP) is 4.87. The number of hydrogen-bond donors (Lipinski definition) is 1. The van der Waals surface area contributed by atoms with Crippen molar-refractivity contribution < 1.29 is 13.2 Å². The van der Waals surface area contributed by atoms with E-state index in [1.165, 1.54) is 18.0 Å². The first-order valence-corrected chi connectivity index (χ1v) is 11.9. The lowest BCUT2D eigenvalue weighted by molar-refractivity contribution is -0.119. The molecule has 1 amide bonds. The van der Waals surface area contributed by atoms with Gasteiger partial charge in [0.2, 0.25) is 5.91 Å². The Labute approximate surface area is 174 Å². The second-order valence-electron chi connectivity index (χ2n) is 6.51. The highest BCUT2D eigenvalue weighted by atomic mass is 35.5. The average molecular weight is 434 g/mol. The van der Waals surface area contributed by atoms with Crippen molar-refractivity contribution >= 4 is 49.9 Å². The lowest BCUT2D eigenvalue weighted by atomic mass is 10.1. The number of halogens is 1. The molecule has 0 aliphatic rings. The number of nitrogens with one attached hydrogen (secondary N) is 1. The number of benzene rings is 3. The highest BCUT2D eigenvalue weighted by Crippen LogP contribution is 2.33. The van der Waals surface area contributed by atoms with E-state index in [2.05, 4.69) is 5.32 Å². The molecule has 0 aromatic heterocycles. The fourth-order valence-corrected chi connectivity index (χ4v) is 4.78. The molecule has 0 aliphatic heterocycles. The molecule has 7 heteroatoms. The molecule has 1 atom stereocenters. The van der Waals surface area contributed by atoms with Gasteiger partial charge in [0.25, 0.3) is 0 Å². The van der Waals surface area contributed by atoms with Crippen molar-refractivity contribution in [1.29, 1.82) is 0 Å². The number of rotatable bonds is 6. The van der Waals surface area contributed by atoms with Crippen molar-refractivity contribution in [3.8, 4) is 0 Å². The topological polar surface area (TPSA) is 63.2 Å². The Morgan fingerprint density at radius 2 is 1.71 bits per heavy atom. The molecule has 1 N–H and O–H groups in total. The zero-order valence-corrected chi connectivity index (χ0v) is 17.9. The van der Waals surface area contributed by atoms with Crippen LogP contribution in [-0.4, -0.2) is 26.3 Å². The minimum atomic E-state index is -3.23. The van der Waals surface area contributed by atoms with Crippen LogP contribution in [0.15, 0.2) is 70.5 Å². The molecule has 0 saturated heterocycles. The molecule has 0 saturated carbocycles. The normalized spacial score (nSPS) is 12.7. The van der Waals surface area contributed by atoms with Crippen LogP contribution < -0.4 is 5.32 Å². The summed E-state index contributed by atoms with van der Waals surface area (Å²) in [5.41, 5.74) is 0.846. The number of sulfone groups is 1. The smallest absolute Gasteiger partial charge is 0.230 e. The van der Waals surface area contributed by atoms with Crippen LogP contribution in [0.1, 0.15) is 18.5 Å². The minimum absolute atomic E-state index is 0.103. The summed E-state index contributed by atoms with van der Waals surface area (Å²) >= 11 is 7.77. The van der Waals surface area contributed by atoms with E-state index in [1.54, 1.807) is 24.3 Å². The molecule has 3 aromatic rings. The van der Waals surface area contributed by atoms with Gasteiger partial charge in [-0.2, -0.15) is 0 Å². The Balaban J connectivity index is 1.65. The standard InChI is InChI=1S/C21H20ClNO3S2/c1-14(15-9-11-17(12-10-15)28(2,25)26)23-20(24)13-27-19-8-4-6-16-5-3-7-18(22)21(16)19/h3-12,14H,13H2,1-2H3,(H,23,24). The summed E-state index contributed by atoms with van der Waals surface area (Å²) in [5.74, 6) is 0.157. The zero-order chi connectivity index (χ0) is 20.3. The van der Waals surface area contributed by atoms with Crippen LogP contribution in [0.2, 0.25) is 5.02 Å². The van der Waals surface area contributed by atoms with Gasteiger partial charge in [0.15, 0.2) is 9.84 Å². The minimum Gasteiger partial charge on any atom is -0.349 e. The Morgan fingerprint density at radius 3 is 2.36 bits per heavy atom. The summed E-state index contributed by atoms with van der Waals surface area (Å²) in [6.07, 6.45) is 1.17. The van der Waals surface area contributed by atoms with Crippen molar-refractivity contribution in [3.63, 3.8) is 0 Å². The summed E-state index contributed by atoms with van der Waals surface area (Å²) in [7, 11) is -3.23. The van der Waals surface area contributed by atoms with Crippen LogP contribution in [0, 0.1) is 0 Å². The van der Waals surface area contributed by atoms with Crippen molar-refractivity contribution in [2.24, 2.45) is 0 Å². The van der Waals surface area contributed by atoms with Gasteiger partial charge in [0.05, 0.1) is 16.7 Å². The van der Waals surface area contributed by atoms with Gasteiger partial charge in [0, 0.05) is 21.6 Å². The second kappa shape index (κ2) is 8.55. The van der Waals surface area contributed by atoms with Gasteiger partial charge in [0.1, 0.15) is 0 Å². The first-order valence-electron chi connectivity index (χ1n) is 8.65. The van der Waals surface area contributed by atoms with E-state index < -0.39 is 9.84 Å². The lowest BCUT2D eigenvalue weighted by Crippen LogP contribution is -2.28. The molecule has 3 rings (SSSR count). The summed E-state index contributed by atoms with van der Waals surface area (Å²) in [6.45, 7) is 1.87. The molecule has 0 aliphatic carbocycles. The molecule has 146 valence electrons. The van der Waals surface area contributed by atoms with Crippen molar-refractivity contribution in [2.45, 2.75) is 22.8 Å². The van der Waals surface area contributed by atoms with Gasteiger partial charge in [-0.1, -0.05) is 48.0 Å². The van der Waals surface area contributed by atoms with Gasteiger partial charge in [-0.05, 0) is 42.1 Å². The third kappa shape index (κ3) is 4.87. The SMILES string of the molecule is CC(NC(=O)CSc1cccc2cccc(Cl)c12)c1ccc(S(C)(=O)=O)cc1. The van der Waals surface area contributed by atoms with Crippen molar-refractivity contribution in [3.05, 3.63) is 71.2 Å². The number of amides is 1. The molecule has 0 bridgehead atoms. The van der Waals surface area contributed by atoms with Crippen molar-refractivity contribution in [2.75, 3.05) is 12.0 Å². The first-order chi connectivity index (χ1) is 13.3. The monoisotopic (exact) mass is 433 g/mol. The van der Waals surface area contributed by atoms with Crippen LogP contribution in [0.5, 0.6) is 0 Å². The van der Waals surface area contributed by atoms with Gasteiger partial charge in [-0.3, -0.25) is 4.79 Å². The molecule has 0 fully saturated rings. The van der Waals surface area contributed by atoms with E-state index in [0.29, 0.717) is 5.02 Å². The number of hydrogen-bond acceptors (Lipinski definition) is 4. The fraction of sp³-hybridized carbons (Fsp3) is 0.190. The van der Waals surface area contributed by atoms with Gasteiger partial charge < -0.3 is 5.32 Å². The average Bonchev–Trinajstić information content (AvgIpc) is 2.66. The van der Waals surface area contributed by atoms with Gasteiger partial charge >= 0.3 is 0 Å². The summed E-state index contributed by atoms with van der Waals surface area (Å²) < 4.78 is 23.1. The maximum atomic E-state index is 12.4. The summed E-state index contributed by atoms with van der Waals surface area (Å²) in [4.78, 5) is 13.6. The first kappa shape index (κ1) is 20.7. The molecule has 4 nitrogen and oxygen atoms in total. The Morgan fingerprint density at radius 1 is 1.07 bits per heavy atom. The molecular formula is C21H20ClNO3S2. The van der Waals surface area contributed by atoms with Crippen LogP contribution in [0.25, 0.3) is 10.8 Å². The van der Waals surface area contributed by atoms with E-state index in [4.69, 9.17) is 11.6 Å². The summed E-state index contributed by atoms with van der Waals surface area (Å²) in [6, 6.07) is 18.0. The molecule has 1 unspecified atom stereocenters. The highest BCUT2D eigenvalue weighted by Gasteiger charge is 2.13. The van der Waals surface area contributed by atoms with E-state index >= 15 is 0 Å². The second-order valence-corrected chi connectivity index (χ2v) is 9.95. The van der Waals surface area contributed by atoms with E-state index in [1.807, 2.05) is 43.3 Å². The third-order valence-corrected chi connectivity index (χ3v) is 6.86. The maximum absolute atomic E-state index is 12.4. The van der Waals surface area contributed by atoms with Crippen LogP contribution in [0.4, 0.5) is 0 Å². The van der Waals surface area contributed by atoms with Gasteiger partial charge in [-0.15, -0.1) is 11.8 Å². The number of thioether (sulfide) groups is 1. The van der Waals surface area contributed by atoms with Crippen LogP contribution in [0.3, 0.4) is 0 Å². The lowest BCUT2D eigenvalue weighted by Gasteiger charge is -2.15. The van der Waals surface area contributed by atoms with Gasteiger partial charge in [-0.25, -0.2) is 8.42 Å². The van der Waals surface area contributed by atoms with Crippen LogP contribution >= 0.6 is 23.4 Å². The maximum Gasteiger partial charge on any atom is 0.230 e. The largest absolute Gasteiger partial charge is 0.349 e. The van der Waals surface area contributed by atoms with E-state index in [9.17, 15) is 13.2 Å². The Hall–Kier alpha value is -2.02. The molecule has 28 heavy (non-hydrogen) atoms. The number of fused-ring (bicyclic) bond motifs is 1. The quantitative estimate of drug-likeness (QED) is 0.563. The molecule has 3 aromatic carbocycles. The van der Waals surface area contributed by atoms with E-state index in [-0.39, 0.29) is 22.6 Å². The zero-order valence-electron chi connectivity index (χ0n) is 15.5. The third-order valence-electron chi connectivity index (χ3n) is 4.36. The molecule has 0 radical (unpaired) electrons. The Kier molecular flexibility index (Phi) is 6.33. The molecular weight excluding hydrogens is 414 g/mol. The summed E-state index contributed by atoms with van der Waals surface area (Å²) in [5, 5.41) is 5.60. The number of carbonyl (C=O) groups is 1. The molecule has 0 spiro atoms. The molecule has 0 heterocycles. The van der Waals surface area contributed by atoms with E-state index in [0.717, 1.165) is 21.2 Å². The van der Waals surface area contributed by atoms with Crippen molar-refractivity contribution in [1.82, 2.24) is 5.32 Å². The fourth-order valence-electron chi connectivity index (χ4n) is 2.90. The Bertz CT molecular complexity index is 1110. The van der Waals surface area contributed by atoms with Crippen LogP contribution in [-0.2, 0) is 14.6 Å². The number of carbonyl (C=O) groups excluding carboxylic acids is 1. The predicted molar refractivity (Wildman–Crippen MR) is 116 cm³/mol. The highest BCUT2D eigenvalue weighted by molar-refractivity contribution is 8.00.